The zero-order chi connectivity index (χ0) is 23.8. The summed E-state index contributed by atoms with van der Waals surface area (Å²) in [6.45, 7) is 1.75. The van der Waals surface area contributed by atoms with Crippen LogP contribution in [0.3, 0.4) is 0 Å². The van der Waals surface area contributed by atoms with E-state index in [1.165, 1.54) is 0 Å². The average molecular weight is 458 g/mol. The highest BCUT2D eigenvalue weighted by molar-refractivity contribution is 5.92. The van der Waals surface area contributed by atoms with E-state index in [4.69, 9.17) is 4.74 Å². The van der Waals surface area contributed by atoms with Gasteiger partial charge in [0.15, 0.2) is 0 Å². The van der Waals surface area contributed by atoms with Gasteiger partial charge in [0.05, 0.1) is 19.7 Å². The molecular weight excluding hydrogens is 426 g/mol. The summed E-state index contributed by atoms with van der Waals surface area (Å²) in [6.07, 6.45) is 1.49. The van der Waals surface area contributed by atoms with Crippen molar-refractivity contribution in [2.45, 2.75) is 18.9 Å². The Balaban J connectivity index is 1.33. The molecule has 3 aromatic carbocycles. The lowest BCUT2D eigenvalue weighted by Gasteiger charge is -2.31. The van der Waals surface area contributed by atoms with Gasteiger partial charge in [-0.25, -0.2) is 0 Å². The van der Waals surface area contributed by atoms with Gasteiger partial charge in [0.1, 0.15) is 5.75 Å². The van der Waals surface area contributed by atoms with Crippen LogP contribution in [0.25, 0.3) is 0 Å². The van der Waals surface area contributed by atoms with Gasteiger partial charge in [-0.2, -0.15) is 0 Å². The quantitative estimate of drug-likeness (QED) is 0.531. The maximum Gasteiger partial charge on any atom is 0.234 e. The van der Waals surface area contributed by atoms with E-state index in [-0.39, 0.29) is 23.8 Å². The molecule has 34 heavy (non-hydrogen) atoms. The topological polar surface area (TPSA) is 70.7 Å². The maximum atomic E-state index is 13.0. The zero-order valence-electron chi connectivity index (χ0n) is 19.4. The molecule has 0 radical (unpaired) electrons. The van der Waals surface area contributed by atoms with Crippen molar-refractivity contribution in [3.8, 4) is 5.75 Å². The summed E-state index contributed by atoms with van der Waals surface area (Å²) in [6, 6.07) is 27.0. The third kappa shape index (κ3) is 6.23. The summed E-state index contributed by atoms with van der Waals surface area (Å²) in [5, 5.41) is 6.19. The first-order valence-electron chi connectivity index (χ1n) is 11.7. The summed E-state index contributed by atoms with van der Waals surface area (Å²) < 4.78 is 5.27. The number of hydrogen-bond acceptors (Lipinski definition) is 4. The van der Waals surface area contributed by atoms with Gasteiger partial charge in [-0.1, -0.05) is 60.7 Å². The Morgan fingerprint density at radius 2 is 1.47 bits per heavy atom. The Labute approximate surface area is 200 Å². The number of anilines is 1. The van der Waals surface area contributed by atoms with Crippen molar-refractivity contribution in [2.75, 3.05) is 32.1 Å². The third-order valence-corrected chi connectivity index (χ3v) is 6.25. The van der Waals surface area contributed by atoms with Crippen LogP contribution in [0.4, 0.5) is 5.69 Å². The SMILES string of the molecule is COc1ccc([C@H](NC(=O)CN2CCC(C(=O)Nc3ccccc3)CC2)c2ccccc2)cc1. The van der Waals surface area contributed by atoms with E-state index in [1.807, 2.05) is 84.9 Å². The molecule has 0 aliphatic carbocycles. The van der Waals surface area contributed by atoms with Crippen molar-refractivity contribution < 1.29 is 14.3 Å². The summed E-state index contributed by atoms with van der Waals surface area (Å²) in [7, 11) is 1.64. The van der Waals surface area contributed by atoms with Crippen LogP contribution in [0.2, 0.25) is 0 Å². The largest absolute Gasteiger partial charge is 0.497 e. The molecule has 0 unspecified atom stereocenters. The summed E-state index contributed by atoms with van der Waals surface area (Å²) >= 11 is 0. The molecule has 0 spiro atoms. The summed E-state index contributed by atoms with van der Waals surface area (Å²) in [5.74, 6) is 0.771. The first-order chi connectivity index (χ1) is 16.6. The maximum absolute atomic E-state index is 13.0. The number of rotatable bonds is 8. The van der Waals surface area contributed by atoms with Gasteiger partial charge < -0.3 is 15.4 Å². The van der Waals surface area contributed by atoms with Crippen LogP contribution in [-0.4, -0.2) is 43.5 Å². The van der Waals surface area contributed by atoms with Crippen LogP contribution in [-0.2, 0) is 9.59 Å². The number of nitrogens with zero attached hydrogens (tertiary/aromatic N) is 1. The van der Waals surface area contributed by atoms with Crippen LogP contribution in [0.15, 0.2) is 84.9 Å². The molecule has 1 fully saturated rings. The first kappa shape index (κ1) is 23.5. The van der Waals surface area contributed by atoms with Gasteiger partial charge in [0.2, 0.25) is 11.8 Å². The van der Waals surface area contributed by atoms with Crippen molar-refractivity contribution >= 4 is 17.5 Å². The van der Waals surface area contributed by atoms with Gasteiger partial charge in [-0.05, 0) is 61.3 Å². The second-order valence-electron chi connectivity index (χ2n) is 8.59. The molecule has 1 saturated heterocycles. The molecule has 0 bridgehead atoms. The minimum atomic E-state index is -0.242. The lowest BCUT2D eigenvalue weighted by Crippen LogP contribution is -2.44. The zero-order valence-corrected chi connectivity index (χ0v) is 19.4. The van der Waals surface area contributed by atoms with E-state index >= 15 is 0 Å². The van der Waals surface area contributed by atoms with Crippen LogP contribution in [0.1, 0.15) is 30.0 Å². The number of methoxy groups -OCH3 is 1. The lowest BCUT2D eigenvalue weighted by molar-refractivity contribution is -0.123. The van der Waals surface area contributed by atoms with Crippen molar-refractivity contribution in [2.24, 2.45) is 5.92 Å². The number of ether oxygens (including phenoxy) is 1. The highest BCUT2D eigenvalue weighted by atomic mass is 16.5. The van der Waals surface area contributed by atoms with Gasteiger partial charge in [0.25, 0.3) is 0 Å². The number of para-hydroxylation sites is 1. The van der Waals surface area contributed by atoms with Crippen LogP contribution in [0, 0.1) is 5.92 Å². The Hall–Kier alpha value is -3.64. The Morgan fingerprint density at radius 3 is 2.09 bits per heavy atom. The van der Waals surface area contributed by atoms with Crippen molar-refractivity contribution in [3.63, 3.8) is 0 Å². The molecule has 1 atom stereocenters. The van der Waals surface area contributed by atoms with Gasteiger partial charge in [-0.3, -0.25) is 14.5 Å². The summed E-state index contributed by atoms with van der Waals surface area (Å²) in [4.78, 5) is 27.7. The minimum absolute atomic E-state index is 0.0307. The Morgan fingerprint density at radius 1 is 0.882 bits per heavy atom. The van der Waals surface area contributed by atoms with Gasteiger partial charge >= 0.3 is 0 Å². The number of benzene rings is 3. The molecule has 6 heteroatoms. The van der Waals surface area contributed by atoms with Crippen molar-refractivity contribution in [1.82, 2.24) is 10.2 Å². The predicted molar refractivity (Wildman–Crippen MR) is 134 cm³/mol. The molecule has 2 N–H and O–H groups in total. The highest BCUT2D eigenvalue weighted by Gasteiger charge is 2.27. The van der Waals surface area contributed by atoms with E-state index in [2.05, 4.69) is 15.5 Å². The molecule has 6 nitrogen and oxygen atoms in total. The third-order valence-electron chi connectivity index (χ3n) is 6.25. The Bertz CT molecular complexity index is 1060. The number of carbonyl (C=O) groups excluding carboxylic acids is 2. The van der Waals surface area contributed by atoms with Crippen molar-refractivity contribution in [3.05, 3.63) is 96.1 Å². The predicted octanol–water partition coefficient (Wildman–Crippen LogP) is 4.25. The number of piperidine rings is 1. The smallest absolute Gasteiger partial charge is 0.234 e. The van der Waals surface area contributed by atoms with Gasteiger partial charge in [-0.15, -0.1) is 0 Å². The number of likely N-dealkylation sites (tertiary alicyclic amines) is 1. The second kappa shape index (κ2) is 11.5. The van der Waals surface area contributed by atoms with Crippen LogP contribution in [0.5, 0.6) is 5.75 Å². The molecule has 0 saturated carbocycles. The van der Waals surface area contributed by atoms with E-state index in [0.717, 1.165) is 48.5 Å². The molecule has 4 rings (SSSR count). The minimum Gasteiger partial charge on any atom is -0.497 e. The number of nitrogens with one attached hydrogen (secondary N) is 2. The summed E-state index contributed by atoms with van der Waals surface area (Å²) in [5.41, 5.74) is 2.84. The number of carbonyl (C=O) groups is 2. The molecule has 3 aromatic rings. The average Bonchev–Trinajstić information content (AvgIpc) is 2.89. The fourth-order valence-corrected chi connectivity index (χ4v) is 4.33. The normalized spacial score (nSPS) is 15.3. The van der Waals surface area contributed by atoms with Gasteiger partial charge in [0, 0.05) is 11.6 Å². The standard InChI is InChI=1S/C28H31N3O3/c1-34-25-14-12-22(13-15-25)27(21-8-4-2-5-9-21)30-26(32)20-31-18-16-23(17-19-31)28(33)29-24-10-6-3-7-11-24/h2-15,23,27H,16-20H2,1H3,(H,29,33)(H,30,32)/t27-/m1/s1. The molecular formula is C28H31N3O3. The van der Waals surface area contributed by atoms with Crippen molar-refractivity contribution in [1.29, 1.82) is 0 Å². The van der Waals surface area contributed by atoms with E-state index in [1.54, 1.807) is 7.11 Å². The fourth-order valence-electron chi connectivity index (χ4n) is 4.33. The molecule has 2 amide bonds. The lowest BCUT2D eigenvalue weighted by atomic mass is 9.95. The monoisotopic (exact) mass is 457 g/mol. The molecule has 0 aromatic heterocycles. The Kier molecular flexibility index (Phi) is 7.94. The van der Waals surface area contributed by atoms with Crippen LogP contribution < -0.4 is 15.4 Å². The molecule has 1 heterocycles. The second-order valence-corrected chi connectivity index (χ2v) is 8.59. The molecule has 1 aliphatic heterocycles. The van der Waals surface area contributed by atoms with E-state index in [9.17, 15) is 9.59 Å². The highest BCUT2D eigenvalue weighted by Crippen LogP contribution is 2.25. The molecule has 176 valence electrons. The van der Waals surface area contributed by atoms with Crippen LogP contribution >= 0.6 is 0 Å². The van der Waals surface area contributed by atoms with E-state index < -0.39 is 0 Å². The number of hydrogen-bond donors (Lipinski definition) is 2. The number of amides is 2. The van der Waals surface area contributed by atoms with E-state index in [0.29, 0.717) is 6.54 Å². The fraction of sp³-hybridized carbons (Fsp3) is 0.286. The molecule has 1 aliphatic rings. The first-order valence-corrected chi connectivity index (χ1v) is 11.7.